The molecule has 0 atom stereocenters. The lowest BCUT2D eigenvalue weighted by Crippen LogP contribution is -2.25. The van der Waals surface area contributed by atoms with E-state index in [1.807, 2.05) is 6.26 Å². The minimum Gasteiger partial charge on any atom is -0.389 e. The van der Waals surface area contributed by atoms with Crippen LogP contribution in [0.4, 0.5) is 0 Å². The third-order valence-electron chi connectivity index (χ3n) is 2.25. The number of benzene rings is 1. The molecule has 0 bridgehead atoms. The number of thioether (sulfide) groups is 1. The molecule has 3 N–H and O–H groups in total. The standard InChI is InChI=1S/C11H16N2O2S3/c1-17-7-3-6-13-18(14,15)10-5-2-4-9(8-10)11(12)16/h2,4-5,8,13H,3,6-7H2,1H3,(H2,12,16). The first-order valence-corrected chi connectivity index (χ1v) is 8.64. The van der Waals surface area contributed by atoms with Gasteiger partial charge in [0.05, 0.1) is 4.90 Å². The smallest absolute Gasteiger partial charge is 0.240 e. The second kappa shape index (κ2) is 7.08. The average Bonchev–Trinajstić information content (AvgIpc) is 2.35. The van der Waals surface area contributed by atoms with Gasteiger partial charge in [-0.2, -0.15) is 11.8 Å². The first kappa shape index (κ1) is 15.4. The Bertz CT molecular complexity index is 515. The summed E-state index contributed by atoms with van der Waals surface area (Å²) in [5, 5.41) is 0. The zero-order valence-electron chi connectivity index (χ0n) is 10.0. The number of hydrogen-bond acceptors (Lipinski definition) is 4. The first-order chi connectivity index (χ1) is 8.47. The summed E-state index contributed by atoms with van der Waals surface area (Å²) in [6, 6.07) is 6.33. The number of nitrogens with one attached hydrogen (secondary N) is 1. The lowest BCUT2D eigenvalue weighted by atomic mass is 10.2. The molecule has 0 saturated heterocycles. The minimum atomic E-state index is -3.47. The van der Waals surface area contributed by atoms with E-state index in [9.17, 15) is 8.42 Å². The van der Waals surface area contributed by atoms with Crippen molar-refractivity contribution in [1.29, 1.82) is 0 Å². The van der Waals surface area contributed by atoms with E-state index in [0.29, 0.717) is 12.1 Å². The molecular formula is C11H16N2O2S3. The van der Waals surface area contributed by atoms with Crippen molar-refractivity contribution in [3.05, 3.63) is 29.8 Å². The Hall–Kier alpha value is -0.630. The summed E-state index contributed by atoms with van der Waals surface area (Å²) in [7, 11) is -3.47. The van der Waals surface area contributed by atoms with Gasteiger partial charge in [-0.1, -0.05) is 24.4 Å². The highest BCUT2D eigenvalue weighted by Crippen LogP contribution is 2.11. The first-order valence-electron chi connectivity index (χ1n) is 5.36. The monoisotopic (exact) mass is 304 g/mol. The van der Waals surface area contributed by atoms with Gasteiger partial charge in [-0.25, -0.2) is 13.1 Å². The molecule has 0 aromatic heterocycles. The highest BCUT2D eigenvalue weighted by atomic mass is 32.2. The molecule has 1 aromatic rings. The van der Waals surface area contributed by atoms with Crippen molar-refractivity contribution in [2.75, 3.05) is 18.6 Å². The number of hydrogen-bond donors (Lipinski definition) is 2. The molecule has 0 spiro atoms. The van der Waals surface area contributed by atoms with Crippen molar-refractivity contribution >= 4 is 39.0 Å². The van der Waals surface area contributed by atoms with E-state index in [2.05, 4.69) is 4.72 Å². The third kappa shape index (κ3) is 4.56. The lowest BCUT2D eigenvalue weighted by Gasteiger charge is -2.07. The van der Waals surface area contributed by atoms with E-state index in [4.69, 9.17) is 18.0 Å². The summed E-state index contributed by atoms with van der Waals surface area (Å²) < 4.78 is 26.5. The van der Waals surface area contributed by atoms with Gasteiger partial charge in [-0.05, 0) is 30.6 Å². The number of thiocarbonyl (C=S) groups is 1. The number of nitrogens with two attached hydrogens (primary N) is 1. The van der Waals surface area contributed by atoms with Crippen molar-refractivity contribution in [3.63, 3.8) is 0 Å². The quantitative estimate of drug-likeness (QED) is 0.588. The van der Waals surface area contributed by atoms with Crippen LogP contribution in [0.15, 0.2) is 29.2 Å². The maximum Gasteiger partial charge on any atom is 0.240 e. The SMILES string of the molecule is CSCCCNS(=O)(=O)c1cccc(C(N)=S)c1. The van der Waals surface area contributed by atoms with Crippen LogP contribution < -0.4 is 10.5 Å². The van der Waals surface area contributed by atoms with Crippen molar-refractivity contribution in [3.8, 4) is 0 Å². The van der Waals surface area contributed by atoms with Crippen molar-refractivity contribution < 1.29 is 8.42 Å². The van der Waals surface area contributed by atoms with Crippen molar-refractivity contribution in [2.24, 2.45) is 5.73 Å². The third-order valence-corrected chi connectivity index (χ3v) is 4.64. The largest absolute Gasteiger partial charge is 0.389 e. The average molecular weight is 304 g/mol. The number of rotatable bonds is 7. The Morgan fingerprint density at radius 3 is 2.83 bits per heavy atom. The summed E-state index contributed by atoms with van der Waals surface area (Å²) in [5.41, 5.74) is 6.03. The molecule has 1 aromatic carbocycles. The van der Waals surface area contributed by atoms with Gasteiger partial charge < -0.3 is 5.73 Å². The van der Waals surface area contributed by atoms with Gasteiger partial charge in [0.1, 0.15) is 4.99 Å². The van der Waals surface area contributed by atoms with Gasteiger partial charge in [0, 0.05) is 12.1 Å². The topological polar surface area (TPSA) is 72.2 Å². The lowest BCUT2D eigenvalue weighted by molar-refractivity contribution is 0.581. The molecule has 4 nitrogen and oxygen atoms in total. The van der Waals surface area contributed by atoms with Crippen LogP contribution in [-0.2, 0) is 10.0 Å². The molecule has 0 aliphatic rings. The molecule has 0 saturated carbocycles. The Morgan fingerprint density at radius 2 is 2.22 bits per heavy atom. The second-order valence-corrected chi connectivity index (χ2v) is 6.83. The maximum absolute atomic E-state index is 12.0. The van der Waals surface area contributed by atoms with Crippen LogP contribution in [0.2, 0.25) is 0 Å². The van der Waals surface area contributed by atoms with E-state index in [-0.39, 0.29) is 9.88 Å². The van der Waals surface area contributed by atoms with Crippen LogP contribution in [0.5, 0.6) is 0 Å². The molecule has 0 unspecified atom stereocenters. The zero-order chi connectivity index (χ0) is 13.6. The van der Waals surface area contributed by atoms with Crippen LogP contribution >= 0.6 is 24.0 Å². The van der Waals surface area contributed by atoms with Crippen LogP contribution in [-0.4, -0.2) is 32.0 Å². The van der Waals surface area contributed by atoms with Gasteiger partial charge in [0.25, 0.3) is 0 Å². The maximum atomic E-state index is 12.0. The molecule has 0 amide bonds. The van der Waals surface area contributed by atoms with E-state index in [0.717, 1.165) is 12.2 Å². The molecule has 0 heterocycles. The Balaban J connectivity index is 2.78. The molecule has 0 aliphatic carbocycles. The van der Waals surface area contributed by atoms with Crippen LogP contribution in [0.3, 0.4) is 0 Å². The predicted octanol–water partition coefficient (Wildman–Crippen LogP) is 1.35. The summed E-state index contributed by atoms with van der Waals surface area (Å²) in [4.78, 5) is 0.381. The van der Waals surface area contributed by atoms with Crippen LogP contribution in [0.1, 0.15) is 12.0 Å². The fraction of sp³-hybridized carbons (Fsp3) is 0.364. The molecule has 0 radical (unpaired) electrons. The molecule has 1 rings (SSSR count). The van der Waals surface area contributed by atoms with E-state index in [1.165, 1.54) is 12.1 Å². The molecule has 0 fully saturated rings. The van der Waals surface area contributed by atoms with Crippen molar-refractivity contribution in [2.45, 2.75) is 11.3 Å². The normalized spacial score (nSPS) is 11.4. The van der Waals surface area contributed by atoms with Crippen LogP contribution in [0.25, 0.3) is 0 Å². The minimum absolute atomic E-state index is 0.189. The van der Waals surface area contributed by atoms with Gasteiger partial charge in [0.2, 0.25) is 10.0 Å². The molecule has 7 heteroatoms. The molecule has 0 aliphatic heterocycles. The van der Waals surface area contributed by atoms with E-state index >= 15 is 0 Å². The summed E-state index contributed by atoms with van der Waals surface area (Å²) >= 11 is 6.51. The Labute approximate surface area is 117 Å². The molecule has 100 valence electrons. The summed E-state index contributed by atoms with van der Waals surface area (Å²) in [6.07, 6.45) is 2.79. The highest BCUT2D eigenvalue weighted by Gasteiger charge is 2.13. The summed E-state index contributed by atoms with van der Waals surface area (Å²) in [6.45, 7) is 0.431. The highest BCUT2D eigenvalue weighted by molar-refractivity contribution is 7.98. The van der Waals surface area contributed by atoms with Gasteiger partial charge >= 0.3 is 0 Å². The zero-order valence-corrected chi connectivity index (χ0v) is 12.5. The fourth-order valence-electron chi connectivity index (χ4n) is 1.32. The van der Waals surface area contributed by atoms with E-state index < -0.39 is 10.0 Å². The second-order valence-electron chi connectivity index (χ2n) is 3.64. The summed E-state index contributed by atoms with van der Waals surface area (Å²) in [5.74, 6) is 0.926. The van der Waals surface area contributed by atoms with Gasteiger partial charge in [-0.3, -0.25) is 0 Å². The molecule has 18 heavy (non-hydrogen) atoms. The number of sulfonamides is 1. The molecular weight excluding hydrogens is 288 g/mol. The van der Waals surface area contributed by atoms with E-state index in [1.54, 1.807) is 23.9 Å². The van der Waals surface area contributed by atoms with Crippen LogP contribution in [0, 0.1) is 0 Å². The fourth-order valence-corrected chi connectivity index (χ4v) is 3.00. The van der Waals surface area contributed by atoms with Gasteiger partial charge in [-0.15, -0.1) is 0 Å². The predicted molar refractivity (Wildman–Crippen MR) is 80.5 cm³/mol. The Morgan fingerprint density at radius 1 is 1.50 bits per heavy atom. The van der Waals surface area contributed by atoms with Gasteiger partial charge in [0.15, 0.2) is 0 Å². The van der Waals surface area contributed by atoms with Crippen molar-refractivity contribution in [1.82, 2.24) is 4.72 Å². The Kier molecular flexibility index (Phi) is 6.07.